The van der Waals surface area contributed by atoms with Crippen LogP contribution in [0.15, 0.2) is 18.2 Å². The Kier molecular flexibility index (Phi) is 4.90. The monoisotopic (exact) mass is 239 g/mol. The van der Waals surface area contributed by atoms with Gasteiger partial charge in [-0.25, -0.2) is 4.39 Å². The highest BCUT2D eigenvalue weighted by Gasteiger charge is 2.08. The smallest absolute Gasteiger partial charge is 0.238 e. The first kappa shape index (κ1) is 13.4. The molecule has 0 aliphatic carbocycles. The molecule has 0 fully saturated rings. The summed E-state index contributed by atoms with van der Waals surface area (Å²) in [5.41, 5.74) is 6.27. The zero-order valence-electron chi connectivity index (χ0n) is 10.2. The zero-order chi connectivity index (χ0) is 12.8. The lowest BCUT2D eigenvalue weighted by Crippen LogP contribution is -2.30. The first-order valence-electron chi connectivity index (χ1n) is 5.56. The molecule has 94 valence electrons. The standard InChI is InChI=1S/C12H18FN3O/c1-3-6-16(2)8-12(17)15-11-5-4-9(13)7-10(11)14/h4-5,7H,3,6,8,14H2,1-2H3,(H,15,17). The molecular formula is C12H18FN3O. The minimum Gasteiger partial charge on any atom is -0.397 e. The van der Waals surface area contributed by atoms with Crippen LogP contribution in [0.4, 0.5) is 15.8 Å². The number of carbonyl (C=O) groups is 1. The highest BCUT2D eigenvalue weighted by molar-refractivity contribution is 5.95. The van der Waals surface area contributed by atoms with Gasteiger partial charge in [0.05, 0.1) is 17.9 Å². The van der Waals surface area contributed by atoms with Crippen molar-refractivity contribution < 1.29 is 9.18 Å². The molecule has 3 N–H and O–H groups in total. The number of nitrogens with zero attached hydrogens (tertiary/aromatic N) is 1. The van der Waals surface area contributed by atoms with Gasteiger partial charge in [-0.2, -0.15) is 0 Å². The number of carbonyl (C=O) groups excluding carboxylic acids is 1. The predicted molar refractivity (Wildman–Crippen MR) is 67.2 cm³/mol. The average molecular weight is 239 g/mol. The lowest BCUT2D eigenvalue weighted by molar-refractivity contribution is -0.117. The largest absolute Gasteiger partial charge is 0.397 e. The van der Waals surface area contributed by atoms with Crippen molar-refractivity contribution in [3.05, 3.63) is 24.0 Å². The van der Waals surface area contributed by atoms with Gasteiger partial charge >= 0.3 is 0 Å². The van der Waals surface area contributed by atoms with E-state index in [4.69, 9.17) is 5.73 Å². The molecule has 1 aromatic carbocycles. The molecule has 0 heterocycles. The Hall–Kier alpha value is -1.62. The molecule has 0 unspecified atom stereocenters. The SMILES string of the molecule is CCCN(C)CC(=O)Nc1ccc(F)cc1N. The molecule has 4 nitrogen and oxygen atoms in total. The summed E-state index contributed by atoms with van der Waals surface area (Å²) in [5, 5.41) is 2.65. The number of amides is 1. The number of nitrogens with two attached hydrogens (primary N) is 1. The molecule has 0 aliphatic rings. The normalized spacial score (nSPS) is 10.6. The molecule has 0 saturated heterocycles. The fraction of sp³-hybridized carbons (Fsp3) is 0.417. The maximum Gasteiger partial charge on any atom is 0.238 e. The van der Waals surface area contributed by atoms with Gasteiger partial charge in [-0.3, -0.25) is 9.69 Å². The summed E-state index contributed by atoms with van der Waals surface area (Å²) in [7, 11) is 1.87. The third kappa shape index (κ3) is 4.40. The van der Waals surface area contributed by atoms with Crippen LogP contribution >= 0.6 is 0 Å². The van der Waals surface area contributed by atoms with Crippen LogP contribution in [0.3, 0.4) is 0 Å². The van der Waals surface area contributed by atoms with Crippen molar-refractivity contribution in [3.63, 3.8) is 0 Å². The lowest BCUT2D eigenvalue weighted by atomic mass is 10.2. The summed E-state index contributed by atoms with van der Waals surface area (Å²) in [6, 6.07) is 3.91. The van der Waals surface area contributed by atoms with Crippen LogP contribution in [0, 0.1) is 5.82 Å². The second-order valence-corrected chi connectivity index (χ2v) is 4.02. The molecule has 0 spiro atoms. The zero-order valence-corrected chi connectivity index (χ0v) is 10.2. The van der Waals surface area contributed by atoms with Crippen LogP contribution in [0.5, 0.6) is 0 Å². The van der Waals surface area contributed by atoms with Crippen LogP contribution in [0.25, 0.3) is 0 Å². The van der Waals surface area contributed by atoms with Crippen molar-refractivity contribution in [1.29, 1.82) is 0 Å². The molecule has 0 saturated carbocycles. The van der Waals surface area contributed by atoms with Gasteiger partial charge < -0.3 is 11.1 Å². The van der Waals surface area contributed by atoms with E-state index in [1.165, 1.54) is 18.2 Å². The van der Waals surface area contributed by atoms with Crippen molar-refractivity contribution in [2.24, 2.45) is 0 Å². The highest BCUT2D eigenvalue weighted by atomic mass is 19.1. The molecule has 5 heteroatoms. The van der Waals surface area contributed by atoms with E-state index in [9.17, 15) is 9.18 Å². The van der Waals surface area contributed by atoms with Crippen LogP contribution in [-0.2, 0) is 4.79 Å². The maximum absolute atomic E-state index is 12.8. The van der Waals surface area contributed by atoms with Gasteiger partial charge in [0.1, 0.15) is 5.82 Å². The average Bonchev–Trinajstić information content (AvgIpc) is 2.22. The fourth-order valence-electron chi connectivity index (χ4n) is 1.54. The number of likely N-dealkylation sites (N-methyl/N-ethyl adjacent to an activating group) is 1. The van der Waals surface area contributed by atoms with E-state index in [0.717, 1.165) is 13.0 Å². The molecule has 0 bridgehead atoms. The van der Waals surface area contributed by atoms with Gasteiger partial charge in [-0.1, -0.05) is 6.92 Å². The minimum absolute atomic E-state index is 0.153. The van der Waals surface area contributed by atoms with Crippen LogP contribution in [0.2, 0.25) is 0 Å². The Morgan fingerprint density at radius 1 is 1.53 bits per heavy atom. The van der Waals surface area contributed by atoms with Gasteiger partial charge in [0.25, 0.3) is 0 Å². The Morgan fingerprint density at radius 2 is 2.24 bits per heavy atom. The number of halogens is 1. The number of benzene rings is 1. The maximum atomic E-state index is 12.8. The van der Waals surface area contributed by atoms with E-state index in [-0.39, 0.29) is 11.6 Å². The Labute approximate surface area is 101 Å². The summed E-state index contributed by atoms with van der Waals surface area (Å²) >= 11 is 0. The van der Waals surface area contributed by atoms with E-state index in [2.05, 4.69) is 5.32 Å². The minimum atomic E-state index is -0.413. The number of nitrogen functional groups attached to an aromatic ring is 1. The topological polar surface area (TPSA) is 58.4 Å². The van der Waals surface area contributed by atoms with Crippen LogP contribution in [-0.4, -0.2) is 30.9 Å². The van der Waals surface area contributed by atoms with E-state index in [0.29, 0.717) is 12.2 Å². The van der Waals surface area contributed by atoms with Gasteiger partial charge in [0.15, 0.2) is 0 Å². The molecule has 0 aromatic heterocycles. The van der Waals surface area contributed by atoms with Gasteiger partial charge in [0.2, 0.25) is 5.91 Å². The molecule has 17 heavy (non-hydrogen) atoms. The Balaban J connectivity index is 2.56. The molecule has 0 aliphatic heterocycles. The molecule has 1 amide bonds. The fourth-order valence-corrected chi connectivity index (χ4v) is 1.54. The van der Waals surface area contributed by atoms with Crippen molar-refractivity contribution in [3.8, 4) is 0 Å². The Bertz CT molecular complexity index is 395. The third-order valence-electron chi connectivity index (χ3n) is 2.31. The van der Waals surface area contributed by atoms with Gasteiger partial charge in [-0.15, -0.1) is 0 Å². The second-order valence-electron chi connectivity index (χ2n) is 4.02. The molecule has 1 rings (SSSR count). The summed E-state index contributed by atoms with van der Waals surface area (Å²) in [6.45, 7) is 3.20. The summed E-state index contributed by atoms with van der Waals surface area (Å²) in [5.74, 6) is -0.567. The number of nitrogens with one attached hydrogen (secondary N) is 1. The predicted octanol–water partition coefficient (Wildman–Crippen LogP) is 1.69. The first-order valence-corrected chi connectivity index (χ1v) is 5.56. The summed E-state index contributed by atoms with van der Waals surface area (Å²) in [4.78, 5) is 13.5. The number of rotatable bonds is 5. The van der Waals surface area contributed by atoms with Crippen molar-refractivity contribution in [1.82, 2.24) is 4.90 Å². The van der Waals surface area contributed by atoms with E-state index >= 15 is 0 Å². The van der Waals surface area contributed by atoms with Gasteiger partial charge in [0, 0.05) is 0 Å². The summed E-state index contributed by atoms with van der Waals surface area (Å²) in [6.07, 6.45) is 0.989. The van der Waals surface area contributed by atoms with E-state index < -0.39 is 5.82 Å². The number of anilines is 2. The van der Waals surface area contributed by atoms with Crippen LogP contribution in [0.1, 0.15) is 13.3 Å². The Morgan fingerprint density at radius 3 is 2.82 bits per heavy atom. The summed E-state index contributed by atoms with van der Waals surface area (Å²) < 4.78 is 12.8. The number of hydrogen-bond acceptors (Lipinski definition) is 3. The molecular weight excluding hydrogens is 221 g/mol. The van der Waals surface area contributed by atoms with E-state index in [1.807, 2.05) is 18.9 Å². The molecule has 1 aromatic rings. The van der Waals surface area contributed by atoms with E-state index in [1.54, 1.807) is 0 Å². The second kappa shape index (κ2) is 6.20. The van der Waals surface area contributed by atoms with Crippen molar-refractivity contribution in [2.75, 3.05) is 31.2 Å². The van der Waals surface area contributed by atoms with Crippen LogP contribution < -0.4 is 11.1 Å². The first-order chi connectivity index (χ1) is 8.02. The van der Waals surface area contributed by atoms with Gasteiger partial charge in [-0.05, 0) is 38.2 Å². The number of hydrogen-bond donors (Lipinski definition) is 2. The quantitative estimate of drug-likeness (QED) is 0.769. The third-order valence-corrected chi connectivity index (χ3v) is 2.31. The molecule has 0 radical (unpaired) electrons. The molecule has 0 atom stereocenters. The lowest BCUT2D eigenvalue weighted by Gasteiger charge is -2.15. The van der Waals surface area contributed by atoms with Crippen molar-refractivity contribution in [2.45, 2.75) is 13.3 Å². The van der Waals surface area contributed by atoms with Crippen molar-refractivity contribution >= 4 is 17.3 Å². The highest BCUT2D eigenvalue weighted by Crippen LogP contribution is 2.18.